The molecular weight excluding hydrogens is 573 g/mol. The Hall–Kier alpha value is -3.27. The van der Waals surface area contributed by atoms with E-state index in [2.05, 4.69) is 5.32 Å². The molecule has 2 amide bonds. The molecule has 0 spiro atoms. The molecular formula is C29H33Cl2N3O5S. The summed E-state index contributed by atoms with van der Waals surface area (Å²) in [6, 6.07) is 19.6. The van der Waals surface area contributed by atoms with E-state index < -0.39 is 28.5 Å². The number of carbonyl (C=O) groups is 2. The fraction of sp³-hybridized carbons (Fsp3) is 0.310. The van der Waals surface area contributed by atoms with E-state index in [1.54, 1.807) is 42.5 Å². The summed E-state index contributed by atoms with van der Waals surface area (Å²) in [4.78, 5) is 28.9. The van der Waals surface area contributed by atoms with Crippen molar-refractivity contribution >= 4 is 50.7 Å². The van der Waals surface area contributed by atoms with Crippen molar-refractivity contribution in [3.8, 4) is 5.75 Å². The van der Waals surface area contributed by atoms with Gasteiger partial charge < -0.3 is 15.0 Å². The molecule has 1 N–H and O–H groups in total. The van der Waals surface area contributed by atoms with Gasteiger partial charge in [-0.1, -0.05) is 66.5 Å². The lowest BCUT2D eigenvalue weighted by Gasteiger charge is -2.33. The standard InChI is InChI=1S/C29H33Cl2N3O5S/c1-4-16-32-29(36)27(17-21-8-6-5-7-9-21)33(19-22-10-11-23(30)18-26(22)31)28(35)20-34(40(3,37)38)24-12-14-25(39-2)15-13-24/h5-15,18,27H,4,16-17,19-20H2,1-3H3,(H,32,36)/t27-/m1/s1. The minimum Gasteiger partial charge on any atom is -0.497 e. The summed E-state index contributed by atoms with van der Waals surface area (Å²) in [5, 5.41) is 3.65. The van der Waals surface area contributed by atoms with Crippen molar-refractivity contribution in [1.29, 1.82) is 0 Å². The molecule has 1 atom stereocenters. The molecule has 3 rings (SSSR count). The molecule has 3 aromatic rings. The summed E-state index contributed by atoms with van der Waals surface area (Å²) in [6.45, 7) is 1.80. The molecule has 0 aliphatic heterocycles. The number of nitrogens with zero attached hydrogens (tertiary/aromatic N) is 2. The highest BCUT2D eigenvalue weighted by Gasteiger charge is 2.33. The van der Waals surface area contributed by atoms with Crippen LogP contribution in [0, 0.1) is 0 Å². The number of carbonyl (C=O) groups excluding carboxylic acids is 2. The van der Waals surface area contributed by atoms with Gasteiger partial charge in [0.2, 0.25) is 21.8 Å². The minimum absolute atomic E-state index is 0.0356. The van der Waals surface area contributed by atoms with Gasteiger partial charge in [-0.2, -0.15) is 0 Å². The van der Waals surface area contributed by atoms with Gasteiger partial charge in [0.1, 0.15) is 18.3 Å². The van der Waals surface area contributed by atoms with Crippen molar-refractivity contribution in [3.05, 3.63) is 94.0 Å². The number of hydrogen-bond acceptors (Lipinski definition) is 5. The van der Waals surface area contributed by atoms with Crippen LogP contribution in [0.25, 0.3) is 0 Å². The van der Waals surface area contributed by atoms with Gasteiger partial charge in [0.15, 0.2) is 0 Å². The van der Waals surface area contributed by atoms with E-state index in [9.17, 15) is 18.0 Å². The van der Waals surface area contributed by atoms with Gasteiger partial charge >= 0.3 is 0 Å². The third-order valence-electron chi connectivity index (χ3n) is 6.22. The summed E-state index contributed by atoms with van der Waals surface area (Å²) in [5.41, 5.74) is 1.70. The zero-order valence-electron chi connectivity index (χ0n) is 22.6. The van der Waals surface area contributed by atoms with E-state index >= 15 is 0 Å². The zero-order chi connectivity index (χ0) is 29.3. The topological polar surface area (TPSA) is 96.0 Å². The molecule has 0 heterocycles. The second-order valence-electron chi connectivity index (χ2n) is 9.22. The average molecular weight is 607 g/mol. The molecule has 3 aromatic carbocycles. The molecule has 0 aromatic heterocycles. The van der Waals surface area contributed by atoms with Gasteiger partial charge in [-0.05, 0) is 53.9 Å². The number of sulfonamides is 1. The van der Waals surface area contributed by atoms with Gasteiger partial charge in [-0.25, -0.2) is 8.42 Å². The second kappa shape index (κ2) is 14.4. The number of amides is 2. The molecule has 0 aliphatic rings. The van der Waals surface area contributed by atoms with E-state index in [1.165, 1.54) is 12.0 Å². The molecule has 11 heteroatoms. The molecule has 0 saturated heterocycles. The molecule has 0 saturated carbocycles. The summed E-state index contributed by atoms with van der Waals surface area (Å²) in [6.07, 6.45) is 1.95. The van der Waals surface area contributed by atoms with E-state index in [-0.39, 0.29) is 24.6 Å². The lowest BCUT2D eigenvalue weighted by molar-refractivity contribution is -0.140. The first kappa shape index (κ1) is 31.3. The summed E-state index contributed by atoms with van der Waals surface area (Å²) in [7, 11) is -2.37. The Bertz CT molecular complexity index is 1400. The Morgan fingerprint density at radius 3 is 2.25 bits per heavy atom. The molecule has 0 aliphatic carbocycles. The molecule has 0 radical (unpaired) electrons. The zero-order valence-corrected chi connectivity index (χ0v) is 25.0. The third kappa shape index (κ3) is 8.61. The van der Waals surface area contributed by atoms with Crippen molar-refractivity contribution in [1.82, 2.24) is 10.2 Å². The normalized spacial score (nSPS) is 11.9. The highest BCUT2D eigenvalue weighted by Crippen LogP contribution is 2.26. The van der Waals surface area contributed by atoms with Gasteiger partial charge in [-0.15, -0.1) is 0 Å². The Labute approximate surface area is 245 Å². The summed E-state index contributed by atoms with van der Waals surface area (Å²) in [5.74, 6) is -0.377. The minimum atomic E-state index is -3.87. The fourth-order valence-electron chi connectivity index (χ4n) is 4.12. The number of rotatable bonds is 13. The first-order chi connectivity index (χ1) is 19.0. The van der Waals surface area contributed by atoms with Crippen LogP contribution in [0.1, 0.15) is 24.5 Å². The van der Waals surface area contributed by atoms with Crippen molar-refractivity contribution < 1.29 is 22.7 Å². The van der Waals surface area contributed by atoms with E-state index in [1.807, 2.05) is 37.3 Å². The lowest BCUT2D eigenvalue weighted by atomic mass is 10.0. The second-order valence-corrected chi connectivity index (χ2v) is 12.0. The Balaban J connectivity index is 2.05. The van der Waals surface area contributed by atoms with E-state index in [0.29, 0.717) is 34.3 Å². The number of anilines is 1. The predicted octanol–water partition coefficient (Wildman–Crippen LogP) is 4.93. The summed E-state index contributed by atoms with van der Waals surface area (Å²) < 4.78 is 31.9. The molecule has 8 nitrogen and oxygen atoms in total. The van der Waals surface area contributed by atoms with Crippen LogP contribution in [0.5, 0.6) is 5.75 Å². The van der Waals surface area contributed by atoms with Crippen LogP contribution in [0.15, 0.2) is 72.8 Å². The number of ether oxygens (including phenoxy) is 1. The van der Waals surface area contributed by atoms with Crippen molar-refractivity contribution in [2.24, 2.45) is 0 Å². The Kier molecular flexibility index (Phi) is 11.2. The monoisotopic (exact) mass is 605 g/mol. The Morgan fingerprint density at radius 1 is 1.00 bits per heavy atom. The van der Waals surface area contributed by atoms with Gasteiger partial charge in [0, 0.05) is 29.6 Å². The molecule has 214 valence electrons. The fourth-order valence-corrected chi connectivity index (χ4v) is 5.43. The van der Waals surface area contributed by atoms with Gasteiger partial charge in [0.05, 0.1) is 19.1 Å². The molecule has 0 unspecified atom stereocenters. The van der Waals surface area contributed by atoms with Crippen LogP contribution >= 0.6 is 23.2 Å². The number of nitrogens with one attached hydrogen (secondary N) is 1. The van der Waals surface area contributed by atoms with Crippen LogP contribution in [0.2, 0.25) is 10.0 Å². The van der Waals surface area contributed by atoms with Crippen LogP contribution in [0.3, 0.4) is 0 Å². The van der Waals surface area contributed by atoms with Crippen LogP contribution in [0.4, 0.5) is 5.69 Å². The molecule has 0 bridgehead atoms. The maximum atomic E-state index is 14.0. The van der Waals surface area contributed by atoms with Crippen LogP contribution in [-0.4, -0.2) is 57.6 Å². The SMILES string of the molecule is CCCNC(=O)[C@@H](Cc1ccccc1)N(Cc1ccc(Cl)cc1Cl)C(=O)CN(c1ccc(OC)cc1)S(C)(=O)=O. The average Bonchev–Trinajstić information content (AvgIpc) is 2.93. The van der Waals surface area contributed by atoms with Crippen molar-refractivity contribution in [2.75, 3.05) is 30.8 Å². The number of methoxy groups -OCH3 is 1. The first-order valence-electron chi connectivity index (χ1n) is 12.7. The maximum Gasteiger partial charge on any atom is 0.244 e. The van der Waals surface area contributed by atoms with Crippen molar-refractivity contribution in [3.63, 3.8) is 0 Å². The highest BCUT2D eigenvalue weighted by atomic mass is 35.5. The largest absolute Gasteiger partial charge is 0.497 e. The van der Waals surface area contributed by atoms with Crippen LogP contribution in [-0.2, 0) is 32.6 Å². The highest BCUT2D eigenvalue weighted by molar-refractivity contribution is 7.92. The first-order valence-corrected chi connectivity index (χ1v) is 15.3. The smallest absolute Gasteiger partial charge is 0.244 e. The lowest BCUT2D eigenvalue weighted by Crippen LogP contribution is -2.53. The van der Waals surface area contributed by atoms with E-state index in [4.69, 9.17) is 27.9 Å². The molecule has 40 heavy (non-hydrogen) atoms. The number of halogens is 2. The maximum absolute atomic E-state index is 14.0. The van der Waals surface area contributed by atoms with Crippen LogP contribution < -0.4 is 14.4 Å². The Morgan fingerprint density at radius 2 is 1.68 bits per heavy atom. The van der Waals surface area contributed by atoms with Gasteiger partial charge in [0.25, 0.3) is 0 Å². The quantitative estimate of drug-likeness (QED) is 0.298. The van der Waals surface area contributed by atoms with E-state index in [0.717, 1.165) is 16.1 Å². The van der Waals surface area contributed by atoms with Gasteiger partial charge in [-0.3, -0.25) is 13.9 Å². The summed E-state index contributed by atoms with van der Waals surface area (Å²) >= 11 is 12.6. The third-order valence-corrected chi connectivity index (χ3v) is 7.94. The van der Waals surface area contributed by atoms with Crippen molar-refractivity contribution in [2.45, 2.75) is 32.4 Å². The number of benzene rings is 3. The molecule has 0 fully saturated rings. The predicted molar refractivity (Wildman–Crippen MR) is 159 cm³/mol. The number of hydrogen-bond donors (Lipinski definition) is 1.